The maximum Gasteiger partial charge on any atom is 0.230 e. The van der Waals surface area contributed by atoms with Crippen LogP contribution in [0.25, 0.3) is 5.69 Å². The number of methoxy groups -OCH3 is 2. The van der Waals surface area contributed by atoms with Crippen LogP contribution in [-0.4, -0.2) is 46.1 Å². The first kappa shape index (κ1) is 17.8. The van der Waals surface area contributed by atoms with Gasteiger partial charge in [-0.2, -0.15) is 4.68 Å². The summed E-state index contributed by atoms with van der Waals surface area (Å²) in [7, 11) is 3.13. The number of carbonyl (C=O) groups excluding carboxylic acids is 1. The van der Waals surface area contributed by atoms with E-state index in [-0.39, 0.29) is 11.7 Å². The Hall–Kier alpha value is -3.01. The summed E-state index contributed by atoms with van der Waals surface area (Å²) >= 11 is 1.21. The standard InChI is InChI=1S/C16H17N5O4S/c1-23-11-5-6-14(24-2)13(8-11)21-16(18-19-20-21)26-10-15(22)17-9-12-4-3-7-25-12/h3-8H,9-10H2,1-2H3,(H,17,22). The number of nitrogens with zero attached hydrogens (tertiary/aromatic N) is 4. The highest BCUT2D eigenvalue weighted by Crippen LogP contribution is 2.29. The molecule has 3 aromatic rings. The maximum atomic E-state index is 12.0. The van der Waals surface area contributed by atoms with Gasteiger partial charge in [0.2, 0.25) is 11.1 Å². The van der Waals surface area contributed by atoms with Crippen LogP contribution in [0, 0.1) is 0 Å². The third-order valence-corrected chi connectivity index (χ3v) is 4.35. The molecule has 10 heteroatoms. The Balaban J connectivity index is 1.68. The van der Waals surface area contributed by atoms with Gasteiger partial charge in [0.1, 0.15) is 22.9 Å². The van der Waals surface area contributed by atoms with E-state index in [1.165, 1.54) is 16.4 Å². The summed E-state index contributed by atoms with van der Waals surface area (Å²) < 4.78 is 17.3. The molecule has 2 heterocycles. The molecular formula is C16H17N5O4S. The Morgan fingerprint density at radius 1 is 1.31 bits per heavy atom. The summed E-state index contributed by atoms with van der Waals surface area (Å²) in [5.41, 5.74) is 0.621. The lowest BCUT2D eigenvalue weighted by molar-refractivity contribution is -0.118. The number of hydrogen-bond acceptors (Lipinski definition) is 8. The molecule has 9 nitrogen and oxygen atoms in total. The van der Waals surface area contributed by atoms with Crippen LogP contribution in [0.2, 0.25) is 0 Å². The fourth-order valence-corrected chi connectivity index (χ4v) is 2.88. The molecule has 0 radical (unpaired) electrons. The fraction of sp³-hybridized carbons (Fsp3) is 0.250. The molecule has 1 amide bonds. The van der Waals surface area contributed by atoms with Crippen molar-refractivity contribution >= 4 is 17.7 Å². The van der Waals surface area contributed by atoms with Crippen molar-refractivity contribution < 1.29 is 18.7 Å². The number of hydrogen-bond donors (Lipinski definition) is 1. The van der Waals surface area contributed by atoms with Crippen LogP contribution in [0.5, 0.6) is 11.5 Å². The van der Waals surface area contributed by atoms with Crippen molar-refractivity contribution in [3.05, 3.63) is 42.4 Å². The van der Waals surface area contributed by atoms with Crippen molar-refractivity contribution in [3.8, 4) is 17.2 Å². The molecular weight excluding hydrogens is 358 g/mol. The minimum Gasteiger partial charge on any atom is -0.497 e. The van der Waals surface area contributed by atoms with Gasteiger partial charge in [0.25, 0.3) is 0 Å². The van der Waals surface area contributed by atoms with Crippen molar-refractivity contribution in [2.45, 2.75) is 11.7 Å². The minimum atomic E-state index is -0.154. The average molecular weight is 375 g/mol. The molecule has 0 fully saturated rings. The topological polar surface area (TPSA) is 104 Å². The van der Waals surface area contributed by atoms with Crippen LogP contribution >= 0.6 is 11.8 Å². The van der Waals surface area contributed by atoms with Crippen molar-refractivity contribution in [1.82, 2.24) is 25.5 Å². The van der Waals surface area contributed by atoms with E-state index in [0.29, 0.717) is 34.6 Å². The second-order valence-electron chi connectivity index (χ2n) is 5.06. The van der Waals surface area contributed by atoms with Crippen molar-refractivity contribution in [2.75, 3.05) is 20.0 Å². The highest BCUT2D eigenvalue weighted by atomic mass is 32.2. The largest absolute Gasteiger partial charge is 0.497 e. The highest BCUT2D eigenvalue weighted by molar-refractivity contribution is 7.99. The van der Waals surface area contributed by atoms with E-state index < -0.39 is 0 Å². The predicted octanol–water partition coefficient (Wildman–Crippen LogP) is 1.68. The fourth-order valence-electron chi connectivity index (χ4n) is 2.16. The lowest BCUT2D eigenvalue weighted by Gasteiger charge is -2.11. The number of tetrazole rings is 1. The quantitative estimate of drug-likeness (QED) is 0.593. The Kier molecular flexibility index (Phi) is 5.74. The van der Waals surface area contributed by atoms with E-state index in [9.17, 15) is 4.79 Å². The second-order valence-corrected chi connectivity index (χ2v) is 6.00. The normalized spacial score (nSPS) is 10.5. The smallest absolute Gasteiger partial charge is 0.230 e. The van der Waals surface area contributed by atoms with E-state index in [0.717, 1.165) is 0 Å². The average Bonchev–Trinajstić information content (AvgIpc) is 3.35. The lowest BCUT2D eigenvalue weighted by Crippen LogP contribution is -2.24. The Morgan fingerprint density at radius 2 is 2.19 bits per heavy atom. The van der Waals surface area contributed by atoms with Gasteiger partial charge in [-0.1, -0.05) is 11.8 Å². The first-order chi connectivity index (χ1) is 12.7. The van der Waals surface area contributed by atoms with Gasteiger partial charge in [-0.3, -0.25) is 4.79 Å². The van der Waals surface area contributed by atoms with E-state index >= 15 is 0 Å². The third-order valence-electron chi connectivity index (χ3n) is 3.43. The molecule has 0 spiro atoms. The number of carbonyl (C=O) groups is 1. The van der Waals surface area contributed by atoms with Crippen LogP contribution in [0.4, 0.5) is 0 Å². The number of furan rings is 1. The SMILES string of the molecule is COc1ccc(OC)c(-n2nnnc2SCC(=O)NCc2ccco2)c1. The molecule has 26 heavy (non-hydrogen) atoms. The highest BCUT2D eigenvalue weighted by Gasteiger charge is 2.16. The number of nitrogens with one attached hydrogen (secondary N) is 1. The van der Waals surface area contributed by atoms with Gasteiger partial charge in [-0.25, -0.2) is 0 Å². The van der Waals surface area contributed by atoms with Gasteiger partial charge in [0.15, 0.2) is 0 Å². The van der Waals surface area contributed by atoms with Crippen molar-refractivity contribution in [1.29, 1.82) is 0 Å². The molecule has 0 saturated heterocycles. The molecule has 1 aromatic carbocycles. The zero-order chi connectivity index (χ0) is 18.4. The summed E-state index contributed by atoms with van der Waals surface area (Å²) in [5.74, 6) is 1.92. The van der Waals surface area contributed by atoms with E-state index in [1.807, 2.05) is 0 Å². The Morgan fingerprint density at radius 3 is 2.92 bits per heavy atom. The molecule has 1 N–H and O–H groups in total. The second kappa shape index (κ2) is 8.39. The Bertz CT molecular complexity index is 865. The van der Waals surface area contributed by atoms with Crippen LogP contribution < -0.4 is 14.8 Å². The summed E-state index contributed by atoms with van der Waals surface area (Å²) in [6.07, 6.45) is 1.56. The monoisotopic (exact) mass is 375 g/mol. The van der Waals surface area contributed by atoms with Gasteiger partial charge < -0.3 is 19.2 Å². The summed E-state index contributed by atoms with van der Waals surface area (Å²) in [6, 6.07) is 8.87. The van der Waals surface area contributed by atoms with Crippen LogP contribution in [0.1, 0.15) is 5.76 Å². The van der Waals surface area contributed by atoms with Gasteiger partial charge in [-0.05, 0) is 34.7 Å². The summed E-state index contributed by atoms with van der Waals surface area (Å²) in [6.45, 7) is 0.334. The molecule has 0 aliphatic carbocycles. The predicted molar refractivity (Wildman–Crippen MR) is 93.5 cm³/mol. The van der Waals surface area contributed by atoms with Crippen LogP contribution in [0.15, 0.2) is 46.2 Å². The van der Waals surface area contributed by atoms with Crippen LogP contribution in [0.3, 0.4) is 0 Å². The number of ether oxygens (including phenoxy) is 2. The first-order valence-electron chi connectivity index (χ1n) is 7.64. The number of thioether (sulfide) groups is 1. The number of benzene rings is 1. The molecule has 0 aliphatic rings. The van der Waals surface area contributed by atoms with Gasteiger partial charge in [0.05, 0.1) is 32.8 Å². The van der Waals surface area contributed by atoms with Gasteiger partial charge >= 0.3 is 0 Å². The van der Waals surface area contributed by atoms with Crippen molar-refractivity contribution in [3.63, 3.8) is 0 Å². The van der Waals surface area contributed by atoms with Gasteiger partial charge in [0, 0.05) is 6.07 Å². The van der Waals surface area contributed by atoms with E-state index in [4.69, 9.17) is 13.9 Å². The maximum absolute atomic E-state index is 12.0. The van der Waals surface area contributed by atoms with E-state index in [1.54, 1.807) is 50.8 Å². The lowest BCUT2D eigenvalue weighted by atomic mass is 10.3. The molecule has 0 aliphatic heterocycles. The number of amides is 1. The molecule has 0 bridgehead atoms. The molecule has 0 saturated carbocycles. The molecule has 0 unspecified atom stereocenters. The number of rotatable bonds is 8. The zero-order valence-corrected chi connectivity index (χ0v) is 15.0. The summed E-state index contributed by atoms with van der Waals surface area (Å²) in [5, 5.41) is 14.9. The first-order valence-corrected chi connectivity index (χ1v) is 8.62. The molecule has 2 aromatic heterocycles. The van der Waals surface area contributed by atoms with Gasteiger partial charge in [-0.15, -0.1) is 5.10 Å². The molecule has 3 rings (SSSR count). The van der Waals surface area contributed by atoms with Crippen LogP contribution in [-0.2, 0) is 11.3 Å². The van der Waals surface area contributed by atoms with Crippen molar-refractivity contribution in [2.24, 2.45) is 0 Å². The summed E-state index contributed by atoms with van der Waals surface area (Å²) in [4.78, 5) is 12.0. The van der Waals surface area contributed by atoms with E-state index in [2.05, 4.69) is 20.8 Å². The number of aromatic nitrogens is 4. The molecule has 0 atom stereocenters. The Labute approximate surface area is 153 Å². The third kappa shape index (κ3) is 4.14. The molecule has 136 valence electrons. The zero-order valence-electron chi connectivity index (χ0n) is 14.2. The minimum absolute atomic E-state index is 0.154.